The van der Waals surface area contributed by atoms with Gasteiger partial charge in [-0.2, -0.15) is 18.3 Å². The van der Waals surface area contributed by atoms with E-state index in [1.54, 1.807) is 47.0 Å². The van der Waals surface area contributed by atoms with E-state index in [0.717, 1.165) is 17.8 Å². The highest BCUT2D eigenvalue weighted by atomic mass is 19.4. The van der Waals surface area contributed by atoms with Crippen molar-refractivity contribution >= 4 is 17.4 Å². The largest absolute Gasteiger partial charge is 0.416 e. The fraction of sp³-hybridized carbons (Fsp3) is 0.280. The molecule has 0 spiro atoms. The number of rotatable bonds is 3. The number of allylic oxidation sites excluding steroid dienone is 1. The zero-order valence-corrected chi connectivity index (χ0v) is 18.9. The second-order valence-corrected chi connectivity index (χ2v) is 8.61. The van der Waals surface area contributed by atoms with Gasteiger partial charge < -0.3 is 15.1 Å². The molecule has 1 saturated heterocycles. The molecular formula is C25H23F4N5O. The van der Waals surface area contributed by atoms with Crippen molar-refractivity contribution in [2.24, 2.45) is 0 Å². The van der Waals surface area contributed by atoms with E-state index in [4.69, 9.17) is 0 Å². The summed E-state index contributed by atoms with van der Waals surface area (Å²) >= 11 is 0. The number of amides is 1. The van der Waals surface area contributed by atoms with Crippen LogP contribution in [0.2, 0.25) is 0 Å². The van der Waals surface area contributed by atoms with Crippen LogP contribution in [0.25, 0.3) is 0 Å². The van der Waals surface area contributed by atoms with Crippen LogP contribution < -0.4 is 10.2 Å². The number of fused-ring (bicyclic) bond motifs is 1. The molecule has 0 aliphatic carbocycles. The van der Waals surface area contributed by atoms with Crippen molar-refractivity contribution in [2.75, 3.05) is 36.4 Å². The van der Waals surface area contributed by atoms with Crippen LogP contribution in [-0.4, -0.2) is 46.8 Å². The lowest BCUT2D eigenvalue weighted by Crippen LogP contribution is -2.50. The number of carbonyl (C=O) groups is 1. The van der Waals surface area contributed by atoms with Crippen LogP contribution in [0.3, 0.4) is 0 Å². The summed E-state index contributed by atoms with van der Waals surface area (Å²) < 4.78 is 55.1. The molecule has 1 atom stereocenters. The molecule has 0 radical (unpaired) electrons. The number of aromatic nitrogens is 2. The van der Waals surface area contributed by atoms with Crippen molar-refractivity contribution in [1.82, 2.24) is 14.7 Å². The third kappa shape index (κ3) is 4.36. The molecule has 0 saturated carbocycles. The Morgan fingerprint density at radius 3 is 2.43 bits per heavy atom. The van der Waals surface area contributed by atoms with Crippen LogP contribution in [0.1, 0.15) is 24.1 Å². The lowest BCUT2D eigenvalue weighted by atomic mass is 9.93. The number of carbonyl (C=O) groups excluding carboxylic acids is 1. The van der Waals surface area contributed by atoms with Crippen molar-refractivity contribution in [1.29, 1.82) is 0 Å². The van der Waals surface area contributed by atoms with Gasteiger partial charge in [-0.25, -0.2) is 9.07 Å². The van der Waals surface area contributed by atoms with E-state index in [0.29, 0.717) is 48.8 Å². The van der Waals surface area contributed by atoms with Gasteiger partial charge in [-0.15, -0.1) is 0 Å². The molecule has 35 heavy (non-hydrogen) atoms. The number of piperazine rings is 1. The van der Waals surface area contributed by atoms with Crippen LogP contribution in [0.15, 0.2) is 72.1 Å². The summed E-state index contributed by atoms with van der Waals surface area (Å²) in [6.45, 7) is 3.71. The van der Waals surface area contributed by atoms with Gasteiger partial charge in [0.25, 0.3) is 5.91 Å². The zero-order valence-electron chi connectivity index (χ0n) is 18.9. The molecule has 182 valence electrons. The molecule has 1 unspecified atom stereocenters. The van der Waals surface area contributed by atoms with Crippen LogP contribution in [0.5, 0.6) is 0 Å². The molecule has 2 aliphatic rings. The minimum atomic E-state index is -4.50. The molecule has 1 aromatic heterocycles. The second-order valence-electron chi connectivity index (χ2n) is 8.61. The first-order chi connectivity index (χ1) is 16.7. The van der Waals surface area contributed by atoms with E-state index in [1.807, 2.05) is 0 Å². The minimum Gasteiger partial charge on any atom is -0.368 e. The summed E-state index contributed by atoms with van der Waals surface area (Å²) in [5.41, 5.74) is 1.36. The van der Waals surface area contributed by atoms with E-state index in [-0.39, 0.29) is 11.7 Å². The van der Waals surface area contributed by atoms with Gasteiger partial charge in [0.1, 0.15) is 17.7 Å². The second kappa shape index (κ2) is 8.75. The molecule has 3 heterocycles. The first-order valence-electron chi connectivity index (χ1n) is 11.2. The number of hydrogen-bond acceptors (Lipinski definition) is 4. The van der Waals surface area contributed by atoms with Crippen molar-refractivity contribution in [3.05, 3.63) is 89.0 Å². The summed E-state index contributed by atoms with van der Waals surface area (Å²) in [6.07, 6.45) is -2.96. The zero-order chi connectivity index (χ0) is 24.7. The van der Waals surface area contributed by atoms with Gasteiger partial charge in [0.05, 0.1) is 17.3 Å². The number of nitrogens with one attached hydrogen (secondary N) is 1. The smallest absolute Gasteiger partial charge is 0.368 e. The number of nitrogens with zero attached hydrogens (tertiary/aromatic N) is 4. The lowest BCUT2D eigenvalue weighted by molar-refractivity contribution is -0.137. The number of halogens is 4. The Kier molecular flexibility index (Phi) is 5.74. The molecule has 0 bridgehead atoms. The highest BCUT2D eigenvalue weighted by molar-refractivity contribution is 5.97. The monoisotopic (exact) mass is 485 g/mol. The van der Waals surface area contributed by atoms with Crippen LogP contribution in [-0.2, 0) is 11.0 Å². The number of anilines is 2. The summed E-state index contributed by atoms with van der Waals surface area (Å²) in [6, 6.07) is 12.1. The Labute approximate surface area is 199 Å². The quantitative estimate of drug-likeness (QED) is 0.548. The maximum Gasteiger partial charge on any atom is 0.416 e. The van der Waals surface area contributed by atoms with Gasteiger partial charge in [-0.05, 0) is 48.9 Å². The van der Waals surface area contributed by atoms with Crippen LogP contribution in [0, 0.1) is 5.82 Å². The first kappa shape index (κ1) is 22.9. The molecular weight excluding hydrogens is 462 g/mol. The first-order valence-corrected chi connectivity index (χ1v) is 11.2. The topological polar surface area (TPSA) is 53.4 Å². The van der Waals surface area contributed by atoms with Gasteiger partial charge >= 0.3 is 6.18 Å². The fourth-order valence-corrected chi connectivity index (χ4v) is 4.67. The van der Waals surface area contributed by atoms with Crippen molar-refractivity contribution in [2.45, 2.75) is 19.1 Å². The third-order valence-corrected chi connectivity index (χ3v) is 6.43. The Balaban J connectivity index is 1.44. The Hall–Kier alpha value is -3.82. The van der Waals surface area contributed by atoms with Crippen molar-refractivity contribution in [3.8, 4) is 0 Å². The molecule has 6 nitrogen and oxygen atoms in total. The molecule has 2 aromatic carbocycles. The van der Waals surface area contributed by atoms with E-state index < -0.39 is 17.8 Å². The molecule has 10 heteroatoms. The Morgan fingerprint density at radius 1 is 1.03 bits per heavy atom. The highest BCUT2D eigenvalue weighted by Crippen LogP contribution is 2.39. The van der Waals surface area contributed by atoms with E-state index in [9.17, 15) is 22.4 Å². The minimum absolute atomic E-state index is 0.252. The SMILES string of the molecule is CC1=C(C(=O)N2CCN(c3ccc(F)cc3)CC2)C(c2cccc(C(F)(F)F)c2)n2nccc2N1. The van der Waals surface area contributed by atoms with Crippen LogP contribution >= 0.6 is 0 Å². The maximum atomic E-state index is 13.7. The molecule has 1 fully saturated rings. The van der Waals surface area contributed by atoms with Crippen LogP contribution in [0.4, 0.5) is 29.1 Å². The Bertz CT molecular complexity index is 1270. The van der Waals surface area contributed by atoms with Gasteiger partial charge in [0.2, 0.25) is 0 Å². The number of hydrogen-bond donors (Lipinski definition) is 1. The summed E-state index contributed by atoms with van der Waals surface area (Å²) in [5.74, 6) is 0.0355. The summed E-state index contributed by atoms with van der Waals surface area (Å²) in [4.78, 5) is 17.5. The van der Waals surface area contributed by atoms with Gasteiger partial charge in [-0.3, -0.25) is 4.79 Å². The molecule has 2 aliphatic heterocycles. The summed E-state index contributed by atoms with van der Waals surface area (Å²) in [5, 5.41) is 7.47. The van der Waals surface area contributed by atoms with Gasteiger partial charge in [-0.1, -0.05) is 12.1 Å². The molecule has 5 rings (SSSR count). The average Bonchev–Trinajstić information content (AvgIpc) is 3.31. The molecule has 1 amide bonds. The lowest BCUT2D eigenvalue weighted by Gasteiger charge is -2.38. The predicted octanol–water partition coefficient (Wildman–Crippen LogP) is 4.68. The third-order valence-electron chi connectivity index (χ3n) is 6.43. The van der Waals surface area contributed by atoms with Crippen molar-refractivity contribution in [3.63, 3.8) is 0 Å². The standard InChI is InChI=1S/C25H23F4N5O/c1-16-22(24(35)33-13-11-32(12-14-33)20-7-5-19(26)6-8-20)23(34-21(31-16)9-10-30-34)17-3-2-4-18(15-17)25(27,28)29/h2-10,15,23,31H,11-14H2,1H3. The van der Waals surface area contributed by atoms with E-state index in [2.05, 4.69) is 15.3 Å². The summed E-state index contributed by atoms with van der Waals surface area (Å²) in [7, 11) is 0. The number of benzene rings is 2. The average molecular weight is 485 g/mol. The highest BCUT2D eigenvalue weighted by Gasteiger charge is 2.37. The van der Waals surface area contributed by atoms with E-state index >= 15 is 0 Å². The Morgan fingerprint density at radius 2 is 1.74 bits per heavy atom. The number of alkyl halides is 3. The maximum absolute atomic E-state index is 13.7. The fourth-order valence-electron chi connectivity index (χ4n) is 4.67. The van der Waals surface area contributed by atoms with E-state index in [1.165, 1.54) is 18.2 Å². The van der Waals surface area contributed by atoms with Gasteiger partial charge in [0, 0.05) is 43.6 Å². The predicted molar refractivity (Wildman–Crippen MR) is 123 cm³/mol. The molecule has 3 aromatic rings. The van der Waals surface area contributed by atoms with Crippen molar-refractivity contribution < 1.29 is 22.4 Å². The normalized spacial score (nSPS) is 18.4. The molecule has 1 N–H and O–H groups in total. The van der Waals surface area contributed by atoms with Gasteiger partial charge in [0.15, 0.2) is 0 Å².